The van der Waals surface area contributed by atoms with E-state index in [2.05, 4.69) is 10.3 Å². The first kappa shape index (κ1) is 17.0. The summed E-state index contributed by atoms with van der Waals surface area (Å²) < 4.78 is 5.72. The zero-order chi connectivity index (χ0) is 16.5. The van der Waals surface area contributed by atoms with Crippen LogP contribution in [0.1, 0.15) is 16.1 Å². The molecule has 0 aliphatic heterocycles. The molecule has 23 heavy (non-hydrogen) atoms. The minimum Gasteiger partial charge on any atom is -0.491 e. The molecule has 1 aromatic heterocycles. The van der Waals surface area contributed by atoms with Gasteiger partial charge in [-0.25, -0.2) is 0 Å². The molecule has 0 fully saturated rings. The minimum atomic E-state index is -0.124. The highest BCUT2D eigenvalue weighted by molar-refractivity contribution is 5.96. The molecular weight excluding hydrogens is 290 g/mol. The van der Waals surface area contributed by atoms with Gasteiger partial charge in [-0.1, -0.05) is 18.2 Å². The number of pyridine rings is 1. The number of carbonyl (C=O) groups is 1. The minimum absolute atomic E-state index is 0.124. The molecular formula is C18H23N3O2. The second-order valence-corrected chi connectivity index (χ2v) is 5.47. The van der Waals surface area contributed by atoms with E-state index in [4.69, 9.17) is 4.74 Å². The number of likely N-dealkylation sites (N-methyl/N-ethyl adjacent to an activating group) is 1. The van der Waals surface area contributed by atoms with Crippen LogP contribution in [0.25, 0.3) is 0 Å². The highest BCUT2D eigenvalue weighted by Gasteiger charge is 2.11. The van der Waals surface area contributed by atoms with Crippen molar-refractivity contribution < 1.29 is 9.53 Å². The maximum absolute atomic E-state index is 12.3. The van der Waals surface area contributed by atoms with Crippen LogP contribution < -0.4 is 10.1 Å². The SMILES string of the molecule is CN(C)CCOc1ccccc1C(=O)NCCc1ccccn1. The van der Waals surface area contributed by atoms with E-state index in [0.29, 0.717) is 30.9 Å². The Hall–Kier alpha value is -2.40. The van der Waals surface area contributed by atoms with Crippen LogP contribution in [-0.4, -0.2) is 49.6 Å². The van der Waals surface area contributed by atoms with E-state index in [1.165, 1.54) is 0 Å². The van der Waals surface area contributed by atoms with Crippen LogP contribution in [0, 0.1) is 0 Å². The maximum Gasteiger partial charge on any atom is 0.255 e. The van der Waals surface area contributed by atoms with Crippen molar-refractivity contribution >= 4 is 5.91 Å². The molecule has 0 radical (unpaired) electrons. The molecule has 1 aromatic carbocycles. The first-order valence-electron chi connectivity index (χ1n) is 7.71. The van der Waals surface area contributed by atoms with Gasteiger partial charge in [-0.2, -0.15) is 0 Å². The van der Waals surface area contributed by atoms with Crippen LogP contribution in [-0.2, 0) is 6.42 Å². The fraction of sp³-hybridized carbons (Fsp3) is 0.333. The third-order valence-electron chi connectivity index (χ3n) is 3.32. The molecule has 122 valence electrons. The van der Waals surface area contributed by atoms with Gasteiger partial charge in [-0.15, -0.1) is 0 Å². The molecule has 5 heteroatoms. The molecule has 2 rings (SSSR count). The zero-order valence-corrected chi connectivity index (χ0v) is 13.7. The van der Waals surface area contributed by atoms with Gasteiger partial charge in [0.15, 0.2) is 0 Å². The van der Waals surface area contributed by atoms with Crippen LogP contribution in [0.3, 0.4) is 0 Å². The van der Waals surface area contributed by atoms with Crippen molar-refractivity contribution in [3.05, 3.63) is 59.9 Å². The molecule has 0 unspecified atom stereocenters. The van der Waals surface area contributed by atoms with E-state index in [0.717, 1.165) is 12.2 Å². The average molecular weight is 313 g/mol. The number of nitrogens with one attached hydrogen (secondary N) is 1. The Morgan fingerprint density at radius 2 is 1.96 bits per heavy atom. The van der Waals surface area contributed by atoms with Gasteiger partial charge in [0, 0.05) is 31.4 Å². The summed E-state index contributed by atoms with van der Waals surface area (Å²) in [5.74, 6) is 0.492. The van der Waals surface area contributed by atoms with Gasteiger partial charge in [-0.05, 0) is 38.4 Å². The summed E-state index contributed by atoms with van der Waals surface area (Å²) in [5.41, 5.74) is 1.52. The monoisotopic (exact) mass is 313 g/mol. The number of amides is 1. The number of hydrogen-bond acceptors (Lipinski definition) is 4. The van der Waals surface area contributed by atoms with E-state index >= 15 is 0 Å². The van der Waals surface area contributed by atoms with Crippen LogP contribution >= 0.6 is 0 Å². The predicted octanol–water partition coefficient (Wildman–Crippen LogP) is 1.99. The molecule has 0 atom stereocenters. The fourth-order valence-electron chi connectivity index (χ4n) is 2.06. The summed E-state index contributed by atoms with van der Waals surface area (Å²) >= 11 is 0. The molecule has 1 amide bonds. The van der Waals surface area contributed by atoms with Crippen LogP contribution in [0.4, 0.5) is 0 Å². The van der Waals surface area contributed by atoms with Crippen LogP contribution in [0.5, 0.6) is 5.75 Å². The second kappa shape index (κ2) is 8.90. The molecule has 0 bridgehead atoms. The van der Waals surface area contributed by atoms with Crippen molar-refractivity contribution in [3.8, 4) is 5.75 Å². The van der Waals surface area contributed by atoms with Gasteiger partial charge in [-0.3, -0.25) is 9.78 Å². The lowest BCUT2D eigenvalue weighted by Gasteiger charge is -2.14. The van der Waals surface area contributed by atoms with E-state index in [1.54, 1.807) is 12.3 Å². The lowest BCUT2D eigenvalue weighted by Crippen LogP contribution is -2.27. The number of nitrogens with zero attached hydrogens (tertiary/aromatic N) is 2. The van der Waals surface area contributed by atoms with Crippen molar-refractivity contribution in [3.63, 3.8) is 0 Å². The molecule has 1 heterocycles. The standard InChI is InChI=1S/C18H23N3O2/c1-21(2)13-14-23-17-9-4-3-8-16(17)18(22)20-12-10-15-7-5-6-11-19-15/h3-9,11H,10,12-14H2,1-2H3,(H,20,22). The van der Waals surface area contributed by atoms with Gasteiger partial charge in [0.2, 0.25) is 0 Å². The Labute approximate surface area is 137 Å². The largest absolute Gasteiger partial charge is 0.491 e. The zero-order valence-electron chi connectivity index (χ0n) is 13.7. The summed E-state index contributed by atoms with van der Waals surface area (Å²) in [6.45, 7) is 1.89. The normalized spacial score (nSPS) is 10.6. The highest BCUT2D eigenvalue weighted by Crippen LogP contribution is 2.17. The second-order valence-electron chi connectivity index (χ2n) is 5.47. The lowest BCUT2D eigenvalue weighted by molar-refractivity contribution is 0.0949. The number of carbonyl (C=O) groups excluding carboxylic acids is 1. The predicted molar refractivity (Wildman–Crippen MR) is 90.8 cm³/mol. The molecule has 0 aliphatic carbocycles. The van der Waals surface area contributed by atoms with Gasteiger partial charge >= 0.3 is 0 Å². The van der Waals surface area contributed by atoms with Gasteiger partial charge in [0.05, 0.1) is 5.56 Å². The van der Waals surface area contributed by atoms with Crippen molar-refractivity contribution in [2.24, 2.45) is 0 Å². The van der Waals surface area contributed by atoms with E-state index in [9.17, 15) is 4.79 Å². The Morgan fingerprint density at radius 1 is 1.17 bits per heavy atom. The van der Waals surface area contributed by atoms with E-state index < -0.39 is 0 Å². The van der Waals surface area contributed by atoms with Crippen LogP contribution in [0.2, 0.25) is 0 Å². The Kier molecular flexibility index (Phi) is 6.56. The number of hydrogen-bond donors (Lipinski definition) is 1. The third kappa shape index (κ3) is 5.71. The summed E-state index contributed by atoms with van der Waals surface area (Å²) in [5, 5.41) is 2.92. The maximum atomic E-state index is 12.3. The van der Waals surface area contributed by atoms with Gasteiger partial charge in [0.25, 0.3) is 5.91 Å². The van der Waals surface area contributed by atoms with Crippen molar-refractivity contribution in [2.45, 2.75) is 6.42 Å². The Balaban J connectivity index is 1.88. The molecule has 0 spiro atoms. The smallest absolute Gasteiger partial charge is 0.255 e. The topological polar surface area (TPSA) is 54.5 Å². The fourth-order valence-corrected chi connectivity index (χ4v) is 2.06. The summed E-state index contributed by atoms with van der Waals surface area (Å²) in [4.78, 5) is 18.6. The number of rotatable bonds is 8. The molecule has 1 N–H and O–H groups in total. The molecule has 2 aromatic rings. The van der Waals surface area contributed by atoms with E-state index in [-0.39, 0.29) is 5.91 Å². The van der Waals surface area contributed by atoms with Crippen molar-refractivity contribution in [1.29, 1.82) is 0 Å². The number of benzene rings is 1. The Morgan fingerprint density at radius 3 is 2.70 bits per heavy atom. The number of aromatic nitrogens is 1. The first-order valence-corrected chi connectivity index (χ1v) is 7.71. The quantitative estimate of drug-likeness (QED) is 0.810. The van der Waals surface area contributed by atoms with Gasteiger partial charge in [0.1, 0.15) is 12.4 Å². The van der Waals surface area contributed by atoms with Crippen LogP contribution in [0.15, 0.2) is 48.7 Å². The first-order chi connectivity index (χ1) is 11.2. The summed E-state index contributed by atoms with van der Waals surface area (Å²) in [6, 6.07) is 13.1. The number of para-hydroxylation sites is 1. The van der Waals surface area contributed by atoms with Crippen molar-refractivity contribution in [2.75, 3.05) is 33.8 Å². The highest BCUT2D eigenvalue weighted by atomic mass is 16.5. The van der Waals surface area contributed by atoms with Crippen molar-refractivity contribution in [1.82, 2.24) is 15.2 Å². The molecule has 0 saturated heterocycles. The van der Waals surface area contributed by atoms with Gasteiger partial charge < -0.3 is 15.0 Å². The third-order valence-corrected chi connectivity index (χ3v) is 3.32. The van der Waals surface area contributed by atoms with E-state index in [1.807, 2.05) is 55.4 Å². The summed E-state index contributed by atoms with van der Waals surface area (Å²) in [6.07, 6.45) is 2.46. The molecule has 5 nitrogen and oxygen atoms in total. The Bertz CT molecular complexity index is 615. The average Bonchev–Trinajstić information content (AvgIpc) is 2.56. The number of ether oxygens (including phenoxy) is 1. The molecule has 0 saturated carbocycles. The lowest BCUT2D eigenvalue weighted by atomic mass is 10.2. The summed E-state index contributed by atoms with van der Waals surface area (Å²) in [7, 11) is 3.97. The molecule has 0 aliphatic rings.